The normalized spacial score (nSPS) is 17.2. The number of nitrogens with zero attached hydrogens (tertiary/aromatic N) is 3. The van der Waals surface area contributed by atoms with Crippen LogP contribution in [0.4, 0.5) is 9.52 Å². The predicted molar refractivity (Wildman–Crippen MR) is 112 cm³/mol. The van der Waals surface area contributed by atoms with Gasteiger partial charge in [-0.15, -0.1) is 10.2 Å². The van der Waals surface area contributed by atoms with E-state index in [0.29, 0.717) is 28.4 Å². The zero-order valence-electron chi connectivity index (χ0n) is 15.5. The topological polar surface area (TPSA) is 92.3 Å². The maximum atomic E-state index is 13.1. The highest BCUT2D eigenvalue weighted by atomic mass is 35.5. The lowest BCUT2D eigenvalue weighted by molar-refractivity contribution is -0.119. The summed E-state index contributed by atoms with van der Waals surface area (Å²) in [6, 6.07) is 10.8. The molecule has 0 radical (unpaired) electrons. The van der Waals surface area contributed by atoms with E-state index in [1.165, 1.54) is 40.7 Å². The molecule has 11 heteroatoms. The summed E-state index contributed by atoms with van der Waals surface area (Å²) < 4.78 is 40.2. The summed E-state index contributed by atoms with van der Waals surface area (Å²) in [5.41, 5.74) is 0.669. The maximum absolute atomic E-state index is 13.1. The molecule has 0 spiro atoms. The first-order valence-electron chi connectivity index (χ1n) is 9.02. The first-order chi connectivity index (χ1) is 14.3. The van der Waals surface area contributed by atoms with Crippen LogP contribution in [0.1, 0.15) is 12.8 Å². The molecule has 1 amide bonds. The van der Waals surface area contributed by atoms with E-state index in [1.807, 2.05) is 0 Å². The largest absolute Gasteiger partial charge is 0.299 e. The quantitative estimate of drug-likeness (QED) is 0.617. The minimum Gasteiger partial charge on any atom is -0.299 e. The van der Waals surface area contributed by atoms with Crippen LogP contribution in [0.25, 0.3) is 10.6 Å². The Morgan fingerprint density at radius 3 is 2.53 bits per heavy atom. The molecule has 1 aromatic heterocycles. The molecule has 0 aliphatic carbocycles. The Bertz CT molecular complexity index is 1170. The van der Waals surface area contributed by atoms with Crippen molar-refractivity contribution in [1.82, 2.24) is 14.5 Å². The van der Waals surface area contributed by atoms with Gasteiger partial charge in [0, 0.05) is 17.1 Å². The van der Waals surface area contributed by atoms with Crippen molar-refractivity contribution in [1.29, 1.82) is 0 Å². The van der Waals surface area contributed by atoms with E-state index in [4.69, 9.17) is 11.6 Å². The highest BCUT2D eigenvalue weighted by Gasteiger charge is 2.39. The number of nitrogens with one attached hydrogen (secondary N) is 1. The number of sulfonamides is 1. The number of halogens is 2. The van der Waals surface area contributed by atoms with Gasteiger partial charge in [-0.3, -0.25) is 10.1 Å². The number of hydrogen-bond acceptors (Lipinski definition) is 6. The van der Waals surface area contributed by atoms with Crippen molar-refractivity contribution in [3.05, 3.63) is 59.4 Å². The summed E-state index contributed by atoms with van der Waals surface area (Å²) in [7, 11) is -3.84. The van der Waals surface area contributed by atoms with Gasteiger partial charge in [-0.1, -0.05) is 22.9 Å². The highest BCUT2D eigenvalue weighted by Crippen LogP contribution is 2.30. The Hall–Kier alpha value is -2.40. The zero-order valence-corrected chi connectivity index (χ0v) is 17.8. The smallest absolute Gasteiger partial charge is 0.244 e. The van der Waals surface area contributed by atoms with Crippen LogP contribution in [0, 0.1) is 5.82 Å². The lowest BCUT2D eigenvalue weighted by Crippen LogP contribution is -2.43. The minimum atomic E-state index is -3.84. The van der Waals surface area contributed by atoms with Crippen molar-refractivity contribution in [2.75, 3.05) is 11.9 Å². The van der Waals surface area contributed by atoms with Crippen LogP contribution in [-0.2, 0) is 14.8 Å². The first-order valence-corrected chi connectivity index (χ1v) is 11.7. The van der Waals surface area contributed by atoms with Gasteiger partial charge in [-0.2, -0.15) is 4.31 Å². The molecule has 156 valence electrons. The number of aromatic nitrogens is 2. The van der Waals surface area contributed by atoms with Crippen molar-refractivity contribution in [3.8, 4) is 10.6 Å². The third-order valence-electron chi connectivity index (χ3n) is 4.67. The van der Waals surface area contributed by atoms with Crippen LogP contribution in [0.2, 0.25) is 5.02 Å². The second kappa shape index (κ2) is 8.38. The summed E-state index contributed by atoms with van der Waals surface area (Å²) in [6.45, 7) is 0.250. The second-order valence-corrected chi connectivity index (χ2v) is 9.94. The van der Waals surface area contributed by atoms with Crippen molar-refractivity contribution in [2.24, 2.45) is 0 Å². The Kier molecular flexibility index (Phi) is 5.83. The van der Waals surface area contributed by atoms with Gasteiger partial charge < -0.3 is 0 Å². The van der Waals surface area contributed by atoms with Gasteiger partial charge in [0.25, 0.3) is 0 Å². The maximum Gasteiger partial charge on any atom is 0.244 e. The van der Waals surface area contributed by atoms with E-state index in [1.54, 1.807) is 12.1 Å². The van der Waals surface area contributed by atoms with Crippen molar-refractivity contribution < 1.29 is 17.6 Å². The first kappa shape index (κ1) is 20.9. The average molecular weight is 467 g/mol. The molecule has 1 aliphatic rings. The number of rotatable bonds is 5. The molecule has 1 aliphatic heterocycles. The molecule has 0 bridgehead atoms. The number of carbonyl (C=O) groups is 1. The van der Waals surface area contributed by atoms with Crippen LogP contribution in [-0.4, -0.2) is 41.4 Å². The summed E-state index contributed by atoms with van der Waals surface area (Å²) in [4.78, 5) is 12.9. The summed E-state index contributed by atoms with van der Waals surface area (Å²) in [5, 5.41) is 11.8. The molecule has 1 atom stereocenters. The molecular weight excluding hydrogens is 451 g/mol. The van der Waals surface area contributed by atoms with Crippen molar-refractivity contribution in [3.63, 3.8) is 0 Å². The molecule has 1 saturated heterocycles. The molecule has 2 heterocycles. The highest BCUT2D eigenvalue weighted by molar-refractivity contribution is 7.89. The predicted octanol–water partition coefficient (Wildman–Crippen LogP) is 3.79. The third-order valence-corrected chi connectivity index (χ3v) is 7.74. The monoisotopic (exact) mass is 466 g/mol. The van der Waals surface area contributed by atoms with Gasteiger partial charge in [-0.05, 0) is 61.4 Å². The van der Waals surface area contributed by atoms with Crippen molar-refractivity contribution >= 4 is 44.0 Å². The Balaban J connectivity index is 1.50. The summed E-state index contributed by atoms with van der Waals surface area (Å²) in [5.74, 6) is -0.827. The molecule has 4 rings (SSSR count). The number of amides is 1. The molecule has 1 N–H and O–H groups in total. The SMILES string of the molecule is O=C(Nc1nnc(-c2ccc(F)cc2)s1)[C@H]1CCCN1S(=O)(=O)c1ccc(Cl)cc1. The fraction of sp³-hybridized carbons (Fsp3) is 0.211. The van der Waals surface area contributed by atoms with Gasteiger partial charge in [0.1, 0.15) is 16.9 Å². The zero-order chi connectivity index (χ0) is 21.3. The number of benzene rings is 2. The van der Waals surface area contributed by atoms with Gasteiger partial charge in [0.15, 0.2) is 0 Å². The third kappa shape index (κ3) is 4.22. The molecule has 0 unspecified atom stereocenters. The molecule has 7 nitrogen and oxygen atoms in total. The van der Waals surface area contributed by atoms with Gasteiger partial charge in [0.05, 0.1) is 4.90 Å². The summed E-state index contributed by atoms with van der Waals surface area (Å²) >= 11 is 6.97. The van der Waals surface area contributed by atoms with Crippen LogP contribution in [0.3, 0.4) is 0 Å². The van der Waals surface area contributed by atoms with E-state index < -0.39 is 22.0 Å². The van der Waals surface area contributed by atoms with Crippen LogP contribution >= 0.6 is 22.9 Å². The van der Waals surface area contributed by atoms with Gasteiger partial charge in [-0.25, -0.2) is 12.8 Å². The molecule has 0 saturated carbocycles. The number of hydrogen-bond donors (Lipinski definition) is 1. The van der Waals surface area contributed by atoms with Gasteiger partial charge >= 0.3 is 0 Å². The van der Waals surface area contributed by atoms with Crippen LogP contribution < -0.4 is 5.32 Å². The van der Waals surface area contributed by atoms with E-state index >= 15 is 0 Å². The Morgan fingerprint density at radius 1 is 1.13 bits per heavy atom. The standard InChI is InChI=1S/C19H16ClFN4O3S2/c20-13-5-9-15(10-6-13)30(27,28)25-11-1-2-16(25)17(26)22-19-24-23-18(29-19)12-3-7-14(21)8-4-12/h3-10,16H,1-2,11H2,(H,22,24,26)/t16-/m1/s1. The Morgan fingerprint density at radius 2 is 1.83 bits per heavy atom. The molecule has 2 aromatic carbocycles. The molecule has 3 aromatic rings. The minimum absolute atomic E-state index is 0.0844. The fourth-order valence-corrected chi connectivity index (χ4v) is 5.74. The molecular formula is C19H16ClFN4O3S2. The number of carbonyl (C=O) groups excluding carboxylic acids is 1. The van der Waals surface area contributed by atoms with E-state index in [2.05, 4.69) is 15.5 Å². The van der Waals surface area contributed by atoms with Gasteiger partial charge in [0.2, 0.25) is 21.1 Å². The second-order valence-electron chi connectivity index (χ2n) is 6.64. The van der Waals surface area contributed by atoms with Crippen molar-refractivity contribution in [2.45, 2.75) is 23.8 Å². The summed E-state index contributed by atoms with van der Waals surface area (Å²) in [6.07, 6.45) is 0.976. The number of anilines is 1. The van der Waals surface area contributed by atoms with E-state index in [-0.39, 0.29) is 22.4 Å². The lowest BCUT2D eigenvalue weighted by atomic mass is 10.2. The average Bonchev–Trinajstić information content (AvgIpc) is 3.39. The van der Waals surface area contributed by atoms with Crippen LogP contribution in [0.5, 0.6) is 0 Å². The van der Waals surface area contributed by atoms with E-state index in [0.717, 1.165) is 11.3 Å². The lowest BCUT2D eigenvalue weighted by Gasteiger charge is -2.23. The fourth-order valence-electron chi connectivity index (χ4n) is 3.20. The molecule has 30 heavy (non-hydrogen) atoms. The van der Waals surface area contributed by atoms with Crippen LogP contribution in [0.15, 0.2) is 53.4 Å². The Labute approximate surface area is 181 Å². The molecule has 1 fully saturated rings. The van der Waals surface area contributed by atoms with E-state index in [9.17, 15) is 17.6 Å².